The first-order valence-electron chi connectivity index (χ1n) is 5.21. The van der Waals surface area contributed by atoms with Crippen LogP contribution in [0.15, 0.2) is 24.4 Å². The molecule has 6 heteroatoms. The van der Waals surface area contributed by atoms with Gasteiger partial charge in [-0.25, -0.2) is 0 Å². The second-order valence-corrected chi connectivity index (χ2v) is 3.62. The Morgan fingerprint density at radius 3 is 3.18 bits per heavy atom. The second kappa shape index (κ2) is 4.94. The standard InChI is InChI=1S/C11H14N4O2/c1-17-10(5-12)11(16)14-8-2-3-9-7(4-8)6-13-15-9/h2-4,6,10H,5,12H2,1H3,(H,13,15)(H,14,16). The Morgan fingerprint density at radius 1 is 1.65 bits per heavy atom. The van der Waals surface area contributed by atoms with Crippen molar-refractivity contribution in [1.82, 2.24) is 10.2 Å². The molecule has 0 saturated carbocycles. The topological polar surface area (TPSA) is 93.0 Å². The molecule has 17 heavy (non-hydrogen) atoms. The Hall–Kier alpha value is -1.92. The van der Waals surface area contributed by atoms with Crippen LogP contribution in [0, 0.1) is 0 Å². The van der Waals surface area contributed by atoms with Crippen LogP contribution < -0.4 is 11.1 Å². The predicted octanol–water partition coefficient (Wildman–Crippen LogP) is 0.475. The zero-order valence-corrected chi connectivity index (χ0v) is 9.43. The number of hydrogen-bond donors (Lipinski definition) is 3. The van der Waals surface area contributed by atoms with Gasteiger partial charge in [-0.3, -0.25) is 9.89 Å². The zero-order valence-electron chi connectivity index (χ0n) is 9.43. The minimum absolute atomic E-state index is 0.149. The number of hydrogen-bond acceptors (Lipinski definition) is 4. The average Bonchev–Trinajstić information content (AvgIpc) is 2.77. The summed E-state index contributed by atoms with van der Waals surface area (Å²) in [6, 6.07) is 5.48. The van der Waals surface area contributed by atoms with Crippen LogP contribution in [0.25, 0.3) is 10.9 Å². The van der Waals surface area contributed by atoms with Crippen LogP contribution in [-0.4, -0.2) is 35.9 Å². The highest BCUT2D eigenvalue weighted by Gasteiger charge is 2.15. The molecule has 4 N–H and O–H groups in total. The van der Waals surface area contributed by atoms with Crippen molar-refractivity contribution < 1.29 is 9.53 Å². The molecule has 0 fully saturated rings. The molecule has 90 valence electrons. The van der Waals surface area contributed by atoms with E-state index in [1.54, 1.807) is 12.3 Å². The molecule has 0 spiro atoms. The lowest BCUT2D eigenvalue weighted by molar-refractivity contribution is -0.125. The number of anilines is 1. The maximum Gasteiger partial charge on any atom is 0.254 e. The van der Waals surface area contributed by atoms with Crippen molar-refractivity contribution in [3.8, 4) is 0 Å². The molecule has 1 aromatic heterocycles. The van der Waals surface area contributed by atoms with E-state index in [0.29, 0.717) is 5.69 Å². The molecule has 0 aliphatic heterocycles. The number of amides is 1. The van der Waals surface area contributed by atoms with Crippen LogP contribution in [-0.2, 0) is 9.53 Å². The fourth-order valence-electron chi connectivity index (χ4n) is 1.55. The third kappa shape index (κ3) is 2.43. The molecule has 2 aromatic rings. The van der Waals surface area contributed by atoms with Crippen molar-refractivity contribution >= 4 is 22.5 Å². The van der Waals surface area contributed by atoms with Crippen LogP contribution in [0.1, 0.15) is 0 Å². The number of methoxy groups -OCH3 is 1. The van der Waals surface area contributed by atoms with E-state index >= 15 is 0 Å². The number of carbonyl (C=O) groups excluding carboxylic acids is 1. The molecule has 1 heterocycles. The number of nitrogens with zero attached hydrogens (tertiary/aromatic N) is 1. The average molecular weight is 234 g/mol. The van der Waals surface area contributed by atoms with Crippen LogP contribution in [0.5, 0.6) is 0 Å². The van der Waals surface area contributed by atoms with E-state index in [9.17, 15) is 4.79 Å². The first-order chi connectivity index (χ1) is 8.24. The lowest BCUT2D eigenvalue weighted by Crippen LogP contribution is -2.35. The molecule has 0 aliphatic rings. The minimum Gasteiger partial charge on any atom is -0.370 e. The molecule has 2 rings (SSSR count). The van der Waals surface area contributed by atoms with Gasteiger partial charge in [0.2, 0.25) is 0 Å². The summed E-state index contributed by atoms with van der Waals surface area (Å²) in [5.41, 5.74) is 7.03. The Morgan fingerprint density at radius 2 is 2.47 bits per heavy atom. The summed E-state index contributed by atoms with van der Waals surface area (Å²) in [5.74, 6) is -0.252. The quantitative estimate of drug-likeness (QED) is 0.717. The Bertz CT molecular complexity index is 519. The number of carbonyl (C=O) groups is 1. The van der Waals surface area contributed by atoms with Gasteiger partial charge in [-0.2, -0.15) is 5.10 Å². The van der Waals surface area contributed by atoms with Crippen LogP contribution >= 0.6 is 0 Å². The molecular weight excluding hydrogens is 220 g/mol. The molecule has 1 aromatic carbocycles. The van der Waals surface area contributed by atoms with Crippen LogP contribution in [0.3, 0.4) is 0 Å². The van der Waals surface area contributed by atoms with E-state index in [0.717, 1.165) is 10.9 Å². The van der Waals surface area contributed by atoms with Gasteiger partial charge in [-0.15, -0.1) is 0 Å². The van der Waals surface area contributed by atoms with Gasteiger partial charge in [0.1, 0.15) is 6.10 Å². The molecule has 0 bridgehead atoms. The number of nitrogens with two attached hydrogens (primary N) is 1. The molecule has 0 aliphatic carbocycles. The van der Waals surface area contributed by atoms with E-state index in [2.05, 4.69) is 15.5 Å². The number of H-pyrrole nitrogens is 1. The van der Waals surface area contributed by atoms with Gasteiger partial charge in [-0.05, 0) is 18.2 Å². The van der Waals surface area contributed by atoms with Gasteiger partial charge in [0, 0.05) is 24.7 Å². The Kier molecular flexibility index (Phi) is 3.36. The van der Waals surface area contributed by atoms with Crippen LogP contribution in [0.4, 0.5) is 5.69 Å². The molecule has 0 saturated heterocycles. The van der Waals surface area contributed by atoms with Gasteiger partial charge in [0.05, 0.1) is 11.7 Å². The molecule has 1 atom stereocenters. The first-order valence-corrected chi connectivity index (χ1v) is 5.21. The smallest absolute Gasteiger partial charge is 0.254 e. The van der Waals surface area contributed by atoms with Gasteiger partial charge < -0.3 is 15.8 Å². The zero-order chi connectivity index (χ0) is 12.3. The van der Waals surface area contributed by atoms with Crippen molar-refractivity contribution in [3.63, 3.8) is 0 Å². The number of fused-ring (bicyclic) bond motifs is 1. The van der Waals surface area contributed by atoms with Crippen molar-refractivity contribution in [1.29, 1.82) is 0 Å². The highest BCUT2D eigenvalue weighted by atomic mass is 16.5. The summed E-state index contributed by atoms with van der Waals surface area (Å²) >= 11 is 0. The largest absolute Gasteiger partial charge is 0.370 e. The van der Waals surface area contributed by atoms with Crippen molar-refractivity contribution in [2.45, 2.75) is 6.10 Å². The highest BCUT2D eigenvalue weighted by molar-refractivity contribution is 5.96. The van der Waals surface area contributed by atoms with Gasteiger partial charge in [0.15, 0.2) is 0 Å². The maximum absolute atomic E-state index is 11.7. The minimum atomic E-state index is -0.630. The molecule has 0 radical (unpaired) electrons. The third-order valence-corrected chi connectivity index (χ3v) is 2.50. The molecule has 1 unspecified atom stereocenters. The molecule has 6 nitrogen and oxygen atoms in total. The lowest BCUT2D eigenvalue weighted by Gasteiger charge is -2.12. The van der Waals surface area contributed by atoms with E-state index in [4.69, 9.17) is 10.5 Å². The van der Waals surface area contributed by atoms with Gasteiger partial charge in [-0.1, -0.05) is 0 Å². The van der Waals surface area contributed by atoms with Gasteiger partial charge in [0.25, 0.3) is 5.91 Å². The fraction of sp³-hybridized carbons (Fsp3) is 0.273. The predicted molar refractivity (Wildman–Crippen MR) is 64.6 cm³/mol. The summed E-state index contributed by atoms with van der Waals surface area (Å²) in [4.78, 5) is 11.7. The highest BCUT2D eigenvalue weighted by Crippen LogP contribution is 2.16. The Labute approximate surface area is 98.1 Å². The lowest BCUT2D eigenvalue weighted by atomic mass is 10.2. The number of nitrogens with one attached hydrogen (secondary N) is 2. The van der Waals surface area contributed by atoms with E-state index in [1.165, 1.54) is 7.11 Å². The van der Waals surface area contributed by atoms with Crippen molar-refractivity contribution in [2.75, 3.05) is 19.0 Å². The van der Waals surface area contributed by atoms with E-state index in [1.807, 2.05) is 12.1 Å². The maximum atomic E-state index is 11.7. The van der Waals surface area contributed by atoms with Crippen molar-refractivity contribution in [2.24, 2.45) is 5.73 Å². The first kappa shape index (κ1) is 11.6. The fourth-order valence-corrected chi connectivity index (χ4v) is 1.55. The normalized spacial score (nSPS) is 12.6. The molecular formula is C11H14N4O2. The molecule has 1 amide bonds. The van der Waals surface area contributed by atoms with Crippen LogP contribution in [0.2, 0.25) is 0 Å². The monoisotopic (exact) mass is 234 g/mol. The van der Waals surface area contributed by atoms with Gasteiger partial charge >= 0.3 is 0 Å². The number of ether oxygens (including phenoxy) is 1. The second-order valence-electron chi connectivity index (χ2n) is 3.62. The van der Waals surface area contributed by atoms with E-state index < -0.39 is 6.10 Å². The number of benzene rings is 1. The third-order valence-electron chi connectivity index (χ3n) is 2.50. The summed E-state index contributed by atoms with van der Waals surface area (Å²) in [7, 11) is 1.45. The Balaban J connectivity index is 2.14. The van der Waals surface area contributed by atoms with Crippen molar-refractivity contribution in [3.05, 3.63) is 24.4 Å². The summed E-state index contributed by atoms with van der Waals surface area (Å²) in [6.45, 7) is 0.149. The number of rotatable bonds is 4. The number of aromatic amines is 1. The summed E-state index contributed by atoms with van der Waals surface area (Å²) < 4.78 is 4.95. The number of aromatic nitrogens is 2. The SMILES string of the molecule is COC(CN)C(=O)Nc1ccc2[nH]ncc2c1. The van der Waals surface area contributed by atoms with E-state index in [-0.39, 0.29) is 12.5 Å². The summed E-state index contributed by atoms with van der Waals surface area (Å²) in [5, 5.41) is 10.4. The summed E-state index contributed by atoms with van der Waals surface area (Å²) in [6.07, 6.45) is 1.07.